The molecule has 1 atom stereocenters. The molecule has 4 nitrogen and oxygen atoms in total. The Labute approximate surface area is 114 Å². The smallest absolute Gasteiger partial charge is 0.159 e. The molecule has 0 aromatic heterocycles. The molecule has 19 heavy (non-hydrogen) atoms. The Hall–Kier alpha value is -1.39. The molecule has 0 radical (unpaired) electrons. The number of aliphatic hydroxyl groups is 1. The molecule has 1 N–H and O–H groups in total. The van der Waals surface area contributed by atoms with Gasteiger partial charge in [0.25, 0.3) is 0 Å². The number of carbonyl (C=O) groups is 1. The Balaban J connectivity index is 2.51. The van der Waals surface area contributed by atoms with Crippen molar-refractivity contribution in [2.45, 2.75) is 39.9 Å². The van der Waals surface area contributed by atoms with Crippen molar-refractivity contribution in [2.24, 2.45) is 0 Å². The zero-order valence-corrected chi connectivity index (χ0v) is 12.0. The van der Waals surface area contributed by atoms with E-state index < -0.39 is 6.10 Å². The van der Waals surface area contributed by atoms with Gasteiger partial charge in [0.05, 0.1) is 12.7 Å². The molecule has 0 fully saturated rings. The largest absolute Gasteiger partial charge is 0.491 e. The standard InChI is InChI=1S/C15H22O4/c1-10(2)18-8-14(17)9-19-15-6-5-13(12(4)16)7-11(15)3/h5-7,10,14,17H,8-9H2,1-4H3. The highest BCUT2D eigenvalue weighted by molar-refractivity contribution is 5.94. The van der Waals surface area contributed by atoms with E-state index in [4.69, 9.17) is 9.47 Å². The molecule has 106 valence electrons. The van der Waals surface area contributed by atoms with Gasteiger partial charge in [-0.15, -0.1) is 0 Å². The van der Waals surface area contributed by atoms with Crippen LogP contribution < -0.4 is 4.74 Å². The van der Waals surface area contributed by atoms with Gasteiger partial charge in [0, 0.05) is 5.56 Å². The van der Waals surface area contributed by atoms with Crippen LogP contribution in [-0.4, -0.2) is 36.3 Å². The van der Waals surface area contributed by atoms with E-state index in [1.807, 2.05) is 20.8 Å². The van der Waals surface area contributed by atoms with Crippen LogP contribution in [0.2, 0.25) is 0 Å². The first-order chi connectivity index (χ1) is 8.90. The quantitative estimate of drug-likeness (QED) is 0.770. The van der Waals surface area contributed by atoms with Crippen molar-refractivity contribution in [2.75, 3.05) is 13.2 Å². The molecule has 0 aliphatic carbocycles. The summed E-state index contributed by atoms with van der Waals surface area (Å²) >= 11 is 0. The molecule has 1 unspecified atom stereocenters. The monoisotopic (exact) mass is 266 g/mol. The average molecular weight is 266 g/mol. The summed E-state index contributed by atoms with van der Waals surface area (Å²) in [6, 6.07) is 5.26. The van der Waals surface area contributed by atoms with Crippen LogP contribution in [0.5, 0.6) is 5.75 Å². The Kier molecular flexibility index (Phi) is 5.99. The minimum absolute atomic E-state index is 0.0278. The second-order valence-corrected chi connectivity index (χ2v) is 4.88. The zero-order valence-electron chi connectivity index (χ0n) is 12.0. The van der Waals surface area contributed by atoms with Crippen LogP contribution in [0.4, 0.5) is 0 Å². The van der Waals surface area contributed by atoms with Gasteiger partial charge in [-0.2, -0.15) is 0 Å². The molecular formula is C15H22O4. The fourth-order valence-corrected chi connectivity index (χ4v) is 1.57. The molecule has 0 bridgehead atoms. The summed E-state index contributed by atoms with van der Waals surface area (Å²) < 4.78 is 10.8. The summed E-state index contributed by atoms with van der Waals surface area (Å²) in [6.45, 7) is 7.66. The van der Waals surface area contributed by atoms with Crippen LogP contribution in [0.15, 0.2) is 18.2 Å². The van der Waals surface area contributed by atoms with Crippen molar-refractivity contribution in [1.82, 2.24) is 0 Å². The van der Waals surface area contributed by atoms with Crippen LogP contribution in [0.1, 0.15) is 36.7 Å². The molecule has 0 heterocycles. The third kappa shape index (κ3) is 5.41. The van der Waals surface area contributed by atoms with Crippen LogP contribution in [0.3, 0.4) is 0 Å². The van der Waals surface area contributed by atoms with E-state index in [9.17, 15) is 9.90 Å². The van der Waals surface area contributed by atoms with E-state index in [1.54, 1.807) is 18.2 Å². The second-order valence-electron chi connectivity index (χ2n) is 4.88. The maximum atomic E-state index is 11.2. The first-order valence-corrected chi connectivity index (χ1v) is 6.44. The maximum absolute atomic E-state index is 11.2. The molecule has 0 saturated carbocycles. The first kappa shape index (κ1) is 15.7. The van der Waals surface area contributed by atoms with Gasteiger partial charge in [0.2, 0.25) is 0 Å². The fourth-order valence-electron chi connectivity index (χ4n) is 1.57. The first-order valence-electron chi connectivity index (χ1n) is 6.44. The second kappa shape index (κ2) is 7.26. The number of benzene rings is 1. The van der Waals surface area contributed by atoms with Gasteiger partial charge in [0.15, 0.2) is 5.78 Å². The number of Topliss-reactive ketones (excluding diaryl/α,β-unsaturated/α-hetero) is 1. The van der Waals surface area contributed by atoms with Crippen LogP contribution >= 0.6 is 0 Å². The number of aryl methyl sites for hydroxylation is 1. The van der Waals surface area contributed by atoms with Gasteiger partial charge in [-0.1, -0.05) is 0 Å². The highest BCUT2D eigenvalue weighted by Crippen LogP contribution is 2.19. The number of ether oxygens (including phenoxy) is 2. The topological polar surface area (TPSA) is 55.8 Å². The van der Waals surface area contributed by atoms with Crippen molar-refractivity contribution in [3.63, 3.8) is 0 Å². The van der Waals surface area contributed by atoms with Gasteiger partial charge in [-0.25, -0.2) is 0 Å². The summed E-state index contributed by atoms with van der Waals surface area (Å²) in [4.78, 5) is 11.2. The molecule has 1 aromatic rings. The van der Waals surface area contributed by atoms with Crippen LogP contribution in [0, 0.1) is 6.92 Å². The Morgan fingerprint density at radius 2 is 2.00 bits per heavy atom. The highest BCUT2D eigenvalue weighted by Gasteiger charge is 2.09. The lowest BCUT2D eigenvalue weighted by Gasteiger charge is -2.15. The molecule has 0 amide bonds. The lowest BCUT2D eigenvalue weighted by Crippen LogP contribution is -2.25. The van der Waals surface area contributed by atoms with E-state index in [0.29, 0.717) is 11.3 Å². The van der Waals surface area contributed by atoms with Gasteiger partial charge in [-0.3, -0.25) is 4.79 Å². The molecular weight excluding hydrogens is 244 g/mol. The third-order valence-corrected chi connectivity index (χ3v) is 2.63. The lowest BCUT2D eigenvalue weighted by molar-refractivity contribution is -0.0123. The van der Waals surface area contributed by atoms with E-state index in [1.165, 1.54) is 6.92 Å². The minimum atomic E-state index is -0.658. The van der Waals surface area contributed by atoms with E-state index >= 15 is 0 Å². The summed E-state index contributed by atoms with van der Waals surface area (Å²) in [5.74, 6) is 0.702. The Bertz CT molecular complexity index is 426. The Morgan fingerprint density at radius 3 is 2.53 bits per heavy atom. The van der Waals surface area contributed by atoms with Crippen molar-refractivity contribution >= 4 is 5.78 Å². The maximum Gasteiger partial charge on any atom is 0.159 e. The molecule has 1 rings (SSSR count). The zero-order chi connectivity index (χ0) is 14.4. The summed E-state index contributed by atoms with van der Waals surface area (Å²) in [7, 11) is 0. The number of hydrogen-bond acceptors (Lipinski definition) is 4. The third-order valence-electron chi connectivity index (χ3n) is 2.63. The molecule has 0 aliphatic rings. The van der Waals surface area contributed by atoms with Crippen molar-refractivity contribution in [3.05, 3.63) is 29.3 Å². The Morgan fingerprint density at radius 1 is 1.32 bits per heavy atom. The fraction of sp³-hybridized carbons (Fsp3) is 0.533. The predicted molar refractivity (Wildman–Crippen MR) is 73.8 cm³/mol. The summed E-state index contributed by atoms with van der Waals surface area (Å²) in [6.07, 6.45) is -0.569. The van der Waals surface area contributed by atoms with E-state index in [0.717, 1.165) is 5.56 Å². The van der Waals surface area contributed by atoms with Crippen molar-refractivity contribution < 1.29 is 19.4 Å². The molecule has 0 spiro atoms. The summed E-state index contributed by atoms with van der Waals surface area (Å²) in [5, 5.41) is 9.69. The minimum Gasteiger partial charge on any atom is -0.491 e. The van der Waals surface area contributed by atoms with Gasteiger partial charge < -0.3 is 14.6 Å². The number of carbonyl (C=O) groups excluding carboxylic acids is 1. The van der Waals surface area contributed by atoms with Gasteiger partial charge >= 0.3 is 0 Å². The van der Waals surface area contributed by atoms with Gasteiger partial charge in [-0.05, 0) is 51.5 Å². The predicted octanol–water partition coefficient (Wildman–Crippen LogP) is 2.36. The molecule has 1 aromatic carbocycles. The van der Waals surface area contributed by atoms with E-state index in [-0.39, 0.29) is 25.1 Å². The summed E-state index contributed by atoms with van der Waals surface area (Å²) in [5.41, 5.74) is 1.54. The number of rotatable bonds is 7. The van der Waals surface area contributed by atoms with Crippen molar-refractivity contribution in [1.29, 1.82) is 0 Å². The number of hydrogen-bond donors (Lipinski definition) is 1. The van der Waals surface area contributed by atoms with E-state index in [2.05, 4.69) is 0 Å². The average Bonchev–Trinajstić information content (AvgIpc) is 2.34. The highest BCUT2D eigenvalue weighted by atomic mass is 16.5. The van der Waals surface area contributed by atoms with Gasteiger partial charge in [0.1, 0.15) is 18.5 Å². The van der Waals surface area contributed by atoms with Crippen LogP contribution in [0.25, 0.3) is 0 Å². The SMILES string of the molecule is CC(=O)c1ccc(OCC(O)COC(C)C)c(C)c1. The molecule has 4 heteroatoms. The van der Waals surface area contributed by atoms with Crippen molar-refractivity contribution in [3.8, 4) is 5.75 Å². The number of aliphatic hydroxyl groups excluding tert-OH is 1. The van der Waals surface area contributed by atoms with Crippen LogP contribution in [-0.2, 0) is 4.74 Å². The normalized spacial score (nSPS) is 12.5. The lowest BCUT2D eigenvalue weighted by atomic mass is 10.1. The molecule has 0 aliphatic heterocycles. The number of ketones is 1. The molecule has 0 saturated heterocycles.